The van der Waals surface area contributed by atoms with E-state index in [4.69, 9.17) is 5.26 Å². The number of ether oxygens (including phenoxy) is 1. The van der Waals surface area contributed by atoms with Crippen LogP contribution < -0.4 is 0 Å². The monoisotopic (exact) mass is 129 g/mol. The second-order valence-electron chi connectivity index (χ2n) is 0.875. The summed E-state index contributed by atoms with van der Waals surface area (Å²) in [6.07, 6.45) is 0.277. The Morgan fingerprint density at radius 3 is 2.56 bits per heavy atom. The van der Waals surface area contributed by atoms with E-state index in [-0.39, 0.29) is 13.0 Å². The highest BCUT2D eigenvalue weighted by atomic mass is 16.5. The molecule has 0 unspecified atom stereocenters. The van der Waals surface area contributed by atoms with E-state index in [0.29, 0.717) is 6.47 Å². The highest BCUT2D eigenvalue weighted by Crippen LogP contribution is 1.72. The van der Waals surface area contributed by atoms with Gasteiger partial charge in [0.1, 0.15) is 6.61 Å². The van der Waals surface area contributed by atoms with Crippen LogP contribution in [0.1, 0.15) is 20.3 Å². The van der Waals surface area contributed by atoms with Gasteiger partial charge in [0.2, 0.25) is 0 Å². The summed E-state index contributed by atoms with van der Waals surface area (Å²) in [5, 5.41) is 7.85. The van der Waals surface area contributed by atoms with Gasteiger partial charge in [-0.05, 0) is 0 Å². The molecule has 0 N–H and O–H groups in total. The molecule has 9 heavy (non-hydrogen) atoms. The fraction of sp³-hybridized carbons (Fsp3) is 0.667. The molecule has 0 atom stereocenters. The first-order valence-corrected chi connectivity index (χ1v) is 2.84. The molecule has 52 valence electrons. The van der Waals surface area contributed by atoms with Gasteiger partial charge in [0.05, 0.1) is 12.5 Å². The second kappa shape index (κ2) is 15.8. The first-order chi connectivity index (χ1) is 4.41. The van der Waals surface area contributed by atoms with Gasteiger partial charge in [-0.3, -0.25) is 4.79 Å². The zero-order chi connectivity index (χ0) is 7.54. The number of carbonyl (C=O) groups excluding carboxylic acids is 1. The van der Waals surface area contributed by atoms with Crippen LogP contribution in [0.25, 0.3) is 0 Å². The van der Waals surface area contributed by atoms with Crippen molar-refractivity contribution in [3.05, 3.63) is 0 Å². The SMILES string of the molecule is CC.N#CCCOC=O. The maximum Gasteiger partial charge on any atom is 0.293 e. The maximum absolute atomic E-state index is 9.35. The Morgan fingerprint density at radius 1 is 1.67 bits per heavy atom. The van der Waals surface area contributed by atoms with Crippen molar-refractivity contribution in [2.45, 2.75) is 20.3 Å². The molecule has 0 saturated heterocycles. The molecular formula is C6H11NO2. The van der Waals surface area contributed by atoms with Gasteiger partial charge < -0.3 is 4.74 Å². The normalized spacial score (nSPS) is 5.89. The van der Waals surface area contributed by atoms with Gasteiger partial charge in [0.15, 0.2) is 0 Å². The lowest BCUT2D eigenvalue weighted by Gasteiger charge is -1.85. The topological polar surface area (TPSA) is 50.1 Å². The smallest absolute Gasteiger partial charge is 0.293 e. The van der Waals surface area contributed by atoms with Crippen LogP contribution in [-0.4, -0.2) is 13.1 Å². The maximum atomic E-state index is 9.35. The van der Waals surface area contributed by atoms with Gasteiger partial charge in [-0.15, -0.1) is 0 Å². The van der Waals surface area contributed by atoms with Crippen LogP contribution in [0, 0.1) is 11.3 Å². The molecule has 0 aliphatic carbocycles. The lowest BCUT2D eigenvalue weighted by molar-refractivity contribution is -0.128. The van der Waals surface area contributed by atoms with E-state index in [9.17, 15) is 4.79 Å². The highest BCUT2D eigenvalue weighted by molar-refractivity contribution is 5.36. The van der Waals surface area contributed by atoms with Gasteiger partial charge in [0.25, 0.3) is 6.47 Å². The summed E-state index contributed by atoms with van der Waals surface area (Å²) in [7, 11) is 0. The van der Waals surface area contributed by atoms with E-state index in [1.165, 1.54) is 0 Å². The summed E-state index contributed by atoms with van der Waals surface area (Å²) >= 11 is 0. The van der Waals surface area contributed by atoms with Crippen LogP contribution in [0.2, 0.25) is 0 Å². The number of nitrogens with zero attached hydrogens (tertiary/aromatic N) is 1. The molecule has 3 heteroatoms. The Balaban J connectivity index is 0. The van der Waals surface area contributed by atoms with E-state index < -0.39 is 0 Å². The van der Waals surface area contributed by atoms with Crippen LogP contribution in [0.15, 0.2) is 0 Å². The Kier molecular flexibility index (Phi) is 19.0. The summed E-state index contributed by atoms with van der Waals surface area (Å²) < 4.78 is 4.17. The minimum Gasteiger partial charge on any atom is -0.467 e. The molecule has 0 fully saturated rings. The molecule has 0 rings (SSSR count). The summed E-state index contributed by atoms with van der Waals surface area (Å²) in [6.45, 7) is 4.54. The summed E-state index contributed by atoms with van der Waals surface area (Å²) in [4.78, 5) is 9.35. The fourth-order valence-electron chi connectivity index (χ4n) is 0.153. The molecule has 0 saturated carbocycles. The molecule has 0 aliphatic rings. The quantitative estimate of drug-likeness (QED) is 0.423. The van der Waals surface area contributed by atoms with Crippen LogP contribution in [0.3, 0.4) is 0 Å². The van der Waals surface area contributed by atoms with Crippen LogP contribution in [0.5, 0.6) is 0 Å². The average Bonchev–Trinajstić information content (AvgIpc) is 1.94. The molecule has 0 aromatic rings. The van der Waals surface area contributed by atoms with Gasteiger partial charge in [-0.1, -0.05) is 13.8 Å². The first kappa shape index (κ1) is 10.9. The molecule has 0 radical (unpaired) electrons. The zero-order valence-electron chi connectivity index (χ0n) is 5.76. The van der Waals surface area contributed by atoms with Crippen molar-refractivity contribution in [3.8, 4) is 6.07 Å². The van der Waals surface area contributed by atoms with E-state index in [2.05, 4.69) is 4.74 Å². The predicted molar refractivity (Wildman–Crippen MR) is 33.6 cm³/mol. The van der Waals surface area contributed by atoms with Gasteiger partial charge in [-0.25, -0.2) is 0 Å². The summed E-state index contributed by atoms with van der Waals surface area (Å²) in [6, 6.07) is 1.82. The van der Waals surface area contributed by atoms with Crippen molar-refractivity contribution in [1.82, 2.24) is 0 Å². The van der Waals surface area contributed by atoms with Crippen molar-refractivity contribution in [2.75, 3.05) is 6.61 Å². The summed E-state index contributed by atoms with van der Waals surface area (Å²) in [5.74, 6) is 0. The highest BCUT2D eigenvalue weighted by Gasteiger charge is 1.77. The Morgan fingerprint density at radius 2 is 2.22 bits per heavy atom. The molecular weight excluding hydrogens is 118 g/mol. The minimum absolute atomic E-state index is 0.208. The Labute approximate surface area is 55.2 Å². The molecule has 0 amide bonds. The number of carbonyl (C=O) groups is 1. The molecule has 0 aliphatic heterocycles. The van der Waals surface area contributed by atoms with Gasteiger partial charge in [-0.2, -0.15) is 5.26 Å². The van der Waals surface area contributed by atoms with E-state index in [1.54, 1.807) is 0 Å². The van der Waals surface area contributed by atoms with E-state index in [1.807, 2.05) is 19.9 Å². The van der Waals surface area contributed by atoms with Crippen LogP contribution >= 0.6 is 0 Å². The van der Waals surface area contributed by atoms with Crippen molar-refractivity contribution in [1.29, 1.82) is 5.26 Å². The average molecular weight is 129 g/mol. The number of nitriles is 1. The lowest BCUT2D eigenvalue weighted by Crippen LogP contribution is -1.87. The number of rotatable bonds is 3. The second-order valence-corrected chi connectivity index (χ2v) is 0.875. The Hall–Kier alpha value is -1.04. The van der Waals surface area contributed by atoms with Crippen molar-refractivity contribution < 1.29 is 9.53 Å². The third-order valence-corrected chi connectivity index (χ3v) is 0.400. The third-order valence-electron chi connectivity index (χ3n) is 0.400. The predicted octanol–water partition coefficient (Wildman–Crippen LogP) is 1.10. The molecule has 0 heterocycles. The van der Waals surface area contributed by atoms with Crippen molar-refractivity contribution in [3.63, 3.8) is 0 Å². The van der Waals surface area contributed by atoms with E-state index in [0.717, 1.165) is 0 Å². The van der Waals surface area contributed by atoms with Gasteiger partial charge >= 0.3 is 0 Å². The molecule has 0 spiro atoms. The van der Waals surface area contributed by atoms with Crippen LogP contribution in [0.4, 0.5) is 0 Å². The molecule has 0 aromatic carbocycles. The van der Waals surface area contributed by atoms with Crippen LogP contribution in [-0.2, 0) is 9.53 Å². The zero-order valence-corrected chi connectivity index (χ0v) is 5.76. The standard InChI is InChI=1S/C4H5NO2.C2H6/c5-2-1-3-7-4-6;1-2/h4H,1,3H2;1-2H3. The lowest BCUT2D eigenvalue weighted by atomic mass is 10.5. The van der Waals surface area contributed by atoms with Crippen molar-refractivity contribution >= 4 is 6.47 Å². The van der Waals surface area contributed by atoms with Gasteiger partial charge in [0, 0.05) is 0 Å². The largest absolute Gasteiger partial charge is 0.467 e. The van der Waals surface area contributed by atoms with E-state index >= 15 is 0 Å². The minimum atomic E-state index is 0.208. The summed E-state index contributed by atoms with van der Waals surface area (Å²) in [5.41, 5.74) is 0. The fourth-order valence-corrected chi connectivity index (χ4v) is 0.153. The molecule has 0 aromatic heterocycles. The molecule has 3 nitrogen and oxygen atoms in total. The Bertz CT molecular complexity index is 85.5. The first-order valence-electron chi connectivity index (χ1n) is 2.84. The number of hydrogen-bond donors (Lipinski definition) is 0. The molecule has 0 bridgehead atoms. The number of hydrogen-bond acceptors (Lipinski definition) is 3. The third kappa shape index (κ3) is 19.5. The van der Waals surface area contributed by atoms with Crippen molar-refractivity contribution in [2.24, 2.45) is 0 Å².